The Balaban J connectivity index is 1.32. The number of pyridine rings is 2. The minimum absolute atomic E-state index is 0.0746. The van der Waals surface area contributed by atoms with Crippen LogP contribution in [-0.4, -0.2) is 45.1 Å². The largest absolute Gasteiger partial charge is 0.459 e. The van der Waals surface area contributed by atoms with E-state index < -0.39 is 11.7 Å². The molecule has 1 atom stereocenters. The van der Waals surface area contributed by atoms with Gasteiger partial charge in [0, 0.05) is 42.9 Å². The summed E-state index contributed by atoms with van der Waals surface area (Å²) in [6.45, 7) is 0.912. The van der Waals surface area contributed by atoms with E-state index in [9.17, 15) is 22.8 Å². The van der Waals surface area contributed by atoms with Crippen LogP contribution in [0.5, 0.6) is 0 Å². The standard InChI is InChI=1S/C28H25ClF3N5O3/c29-20-7-8-37(15-20)27(39)17-3-4-23(34-13-17)18-9-19-10-21(40-26(19)22(11-18)28(30,31)32)14-36-25(38)6-2-16-1-5-24(33)35-12-16/h1,3-5,9-13,20H,2,6-8,14-15H2,(H2,33,35)(H,36,38)/t20-/m0/s1. The fourth-order valence-corrected chi connectivity index (χ4v) is 4.81. The first kappa shape index (κ1) is 27.4. The minimum Gasteiger partial charge on any atom is -0.459 e. The Kier molecular flexibility index (Phi) is 7.66. The van der Waals surface area contributed by atoms with E-state index in [-0.39, 0.29) is 58.1 Å². The minimum atomic E-state index is -4.69. The monoisotopic (exact) mass is 571 g/mol. The Labute approximate surface area is 232 Å². The molecule has 12 heteroatoms. The van der Waals surface area contributed by atoms with Crippen LogP contribution in [0.1, 0.15) is 40.1 Å². The molecule has 0 radical (unpaired) electrons. The number of nitrogens with zero attached hydrogens (tertiary/aromatic N) is 3. The van der Waals surface area contributed by atoms with Crippen LogP contribution in [0.4, 0.5) is 19.0 Å². The van der Waals surface area contributed by atoms with Crippen LogP contribution in [-0.2, 0) is 23.9 Å². The molecule has 8 nitrogen and oxygen atoms in total. The van der Waals surface area contributed by atoms with E-state index in [1.807, 2.05) is 0 Å². The van der Waals surface area contributed by atoms with Gasteiger partial charge in [0.15, 0.2) is 0 Å². The highest BCUT2D eigenvalue weighted by atomic mass is 35.5. The van der Waals surface area contributed by atoms with Crippen LogP contribution >= 0.6 is 11.6 Å². The zero-order valence-corrected chi connectivity index (χ0v) is 21.9. The Bertz CT molecular complexity index is 1540. The van der Waals surface area contributed by atoms with E-state index in [0.717, 1.165) is 11.6 Å². The van der Waals surface area contributed by atoms with Crippen molar-refractivity contribution in [3.05, 3.63) is 77.3 Å². The predicted octanol–water partition coefficient (Wildman–Crippen LogP) is 5.19. The first-order valence-corrected chi connectivity index (χ1v) is 13.0. The van der Waals surface area contributed by atoms with Gasteiger partial charge in [-0.2, -0.15) is 13.2 Å². The number of rotatable bonds is 7. The molecule has 2 amide bonds. The summed E-state index contributed by atoms with van der Waals surface area (Å²) < 4.78 is 47.4. The number of nitrogens with one attached hydrogen (secondary N) is 1. The summed E-state index contributed by atoms with van der Waals surface area (Å²) in [6.07, 6.45) is -0.448. The van der Waals surface area contributed by atoms with Gasteiger partial charge in [-0.05, 0) is 54.8 Å². The maximum absolute atomic E-state index is 14.0. The summed E-state index contributed by atoms with van der Waals surface area (Å²) in [4.78, 5) is 34.8. The number of nitrogens with two attached hydrogens (primary N) is 1. The van der Waals surface area contributed by atoms with Crippen molar-refractivity contribution in [2.75, 3.05) is 18.8 Å². The van der Waals surface area contributed by atoms with Crippen LogP contribution in [0.2, 0.25) is 0 Å². The zero-order valence-electron chi connectivity index (χ0n) is 21.2. The molecule has 1 aliphatic rings. The number of fused-ring (bicyclic) bond motifs is 1. The first-order valence-electron chi connectivity index (χ1n) is 12.6. The topological polar surface area (TPSA) is 114 Å². The molecule has 3 N–H and O–H groups in total. The Morgan fingerprint density at radius 3 is 2.60 bits per heavy atom. The lowest BCUT2D eigenvalue weighted by atomic mass is 10.0. The summed E-state index contributed by atoms with van der Waals surface area (Å²) in [5.41, 5.74) is 5.93. The second-order valence-corrected chi connectivity index (χ2v) is 10.2. The van der Waals surface area contributed by atoms with Gasteiger partial charge in [-0.15, -0.1) is 11.6 Å². The van der Waals surface area contributed by atoms with E-state index in [1.165, 1.54) is 24.4 Å². The highest BCUT2D eigenvalue weighted by molar-refractivity contribution is 6.21. The van der Waals surface area contributed by atoms with Crippen LogP contribution in [0.25, 0.3) is 22.2 Å². The number of furan rings is 1. The van der Waals surface area contributed by atoms with Crippen molar-refractivity contribution in [3.8, 4) is 11.3 Å². The van der Waals surface area contributed by atoms with Crippen molar-refractivity contribution >= 4 is 40.2 Å². The number of benzene rings is 1. The number of likely N-dealkylation sites (tertiary alicyclic amines) is 1. The Morgan fingerprint density at radius 1 is 1.12 bits per heavy atom. The Morgan fingerprint density at radius 2 is 1.95 bits per heavy atom. The molecule has 4 heterocycles. The van der Waals surface area contributed by atoms with Crippen LogP contribution in [0, 0.1) is 0 Å². The van der Waals surface area contributed by atoms with Crippen molar-refractivity contribution in [1.29, 1.82) is 0 Å². The van der Waals surface area contributed by atoms with Crippen LogP contribution < -0.4 is 11.1 Å². The van der Waals surface area contributed by atoms with E-state index >= 15 is 0 Å². The molecule has 0 saturated carbocycles. The number of aryl methyl sites for hydroxylation is 1. The van der Waals surface area contributed by atoms with Gasteiger partial charge in [0.2, 0.25) is 5.91 Å². The van der Waals surface area contributed by atoms with Gasteiger partial charge in [-0.1, -0.05) is 6.07 Å². The molecule has 5 rings (SSSR count). The van der Waals surface area contributed by atoms with Crippen molar-refractivity contribution < 1.29 is 27.2 Å². The molecule has 0 aliphatic carbocycles. The number of nitrogen functional groups attached to an aromatic ring is 1. The lowest BCUT2D eigenvalue weighted by molar-refractivity contribution is -0.136. The molecule has 0 unspecified atom stereocenters. The van der Waals surface area contributed by atoms with Crippen molar-refractivity contribution in [2.24, 2.45) is 0 Å². The van der Waals surface area contributed by atoms with E-state index in [1.54, 1.807) is 29.3 Å². The van der Waals surface area contributed by atoms with Gasteiger partial charge in [0.25, 0.3) is 5.91 Å². The van der Waals surface area contributed by atoms with E-state index in [0.29, 0.717) is 37.3 Å². The third-order valence-electron chi connectivity index (χ3n) is 6.64. The molecular formula is C28H25ClF3N5O3. The predicted molar refractivity (Wildman–Crippen MR) is 143 cm³/mol. The molecule has 40 heavy (non-hydrogen) atoms. The molecule has 1 fully saturated rings. The third-order valence-corrected chi connectivity index (χ3v) is 7.00. The number of aromatic nitrogens is 2. The quantitative estimate of drug-likeness (QED) is 0.295. The average molecular weight is 572 g/mol. The molecule has 3 aromatic heterocycles. The zero-order chi connectivity index (χ0) is 28.4. The number of carbonyl (C=O) groups is 2. The number of halogens is 4. The number of hydrogen-bond donors (Lipinski definition) is 2. The van der Waals surface area contributed by atoms with Gasteiger partial charge in [0.05, 0.1) is 28.7 Å². The van der Waals surface area contributed by atoms with Crippen LogP contribution in [0.3, 0.4) is 0 Å². The smallest absolute Gasteiger partial charge is 0.420 e. The third kappa shape index (κ3) is 6.20. The maximum atomic E-state index is 14.0. The lowest BCUT2D eigenvalue weighted by Crippen LogP contribution is -2.28. The average Bonchev–Trinajstić information content (AvgIpc) is 3.56. The fourth-order valence-electron chi connectivity index (χ4n) is 4.54. The number of hydrogen-bond acceptors (Lipinski definition) is 6. The molecule has 4 aromatic rings. The molecule has 0 bridgehead atoms. The molecular weight excluding hydrogens is 547 g/mol. The van der Waals surface area contributed by atoms with Crippen molar-refractivity contribution in [2.45, 2.75) is 37.4 Å². The van der Waals surface area contributed by atoms with E-state index in [2.05, 4.69) is 15.3 Å². The summed E-state index contributed by atoms with van der Waals surface area (Å²) in [5.74, 6) is 0.0474. The molecule has 1 aromatic carbocycles. The second-order valence-electron chi connectivity index (χ2n) is 9.59. The Hall–Kier alpha value is -4.12. The highest BCUT2D eigenvalue weighted by Crippen LogP contribution is 2.39. The molecule has 1 saturated heterocycles. The van der Waals surface area contributed by atoms with Gasteiger partial charge < -0.3 is 20.4 Å². The maximum Gasteiger partial charge on any atom is 0.420 e. The van der Waals surface area contributed by atoms with Gasteiger partial charge >= 0.3 is 6.18 Å². The summed E-state index contributed by atoms with van der Waals surface area (Å²) >= 11 is 6.09. The number of amides is 2. The van der Waals surface area contributed by atoms with Gasteiger partial charge in [-0.3, -0.25) is 14.6 Å². The number of carbonyl (C=O) groups excluding carboxylic acids is 2. The van der Waals surface area contributed by atoms with Gasteiger partial charge in [0.1, 0.15) is 17.2 Å². The number of anilines is 1. The summed E-state index contributed by atoms with van der Waals surface area (Å²) in [7, 11) is 0. The van der Waals surface area contributed by atoms with Crippen molar-refractivity contribution in [1.82, 2.24) is 20.2 Å². The first-order chi connectivity index (χ1) is 19.1. The molecule has 208 valence electrons. The van der Waals surface area contributed by atoms with Gasteiger partial charge in [-0.25, -0.2) is 4.98 Å². The van der Waals surface area contributed by atoms with Crippen molar-refractivity contribution in [3.63, 3.8) is 0 Å². The highest BCUT2D eigenvalue weighted by Gasteiger charge is 2.35. The second kappa shape index (κ2) is 11.2. The van der Waals surface area contributed by atoms with E-state index in [4.69, 9.17) is 21.8 Å². The molecule has 1 aliphatic heterocycles. The summed E-state index contributed by atoms with van der Waals surface area (Å²) in [5, 5.41) is 2.80. The number of alkyl halides is 4. The fraction of sp³-hybridized carbons (Fsp3) is 0.286. The summed E-state index contributed by atoms with van der Waals surface area (Å²) in [6, 6.07) is 10.4. The SMILES string of the molecule is Nc1ccc(CCC(=O)NCc2cc3cc(-c4ccc(C(=O)N5CC[C@H](Cl)C5)cn4)cc(C(F)(F)F)c3o2)cn1. The lowest BCUT2D eigenvalue weighted by Gasteiger charge is -2.15. The van der Waals surface area contributed by atoms with Crippen LogP contribution in [0.15, 0.2) is 59.3 Å². The molecule has 0 spiro atoms. The normalized spacial score (nSPS) is 15.5.